The van der Waals surface area contributed by atoms with E-state index in [9.17, 15) is 0 Å². The van der Waals surface area contributed by atoms with E-state index in [0.29, 0.717) is 0 Å². The molecule has 0 aliphatic heterocycles. The predicted molar refractivity (Wildman–Crippen MR) is 86.1 cm³/mol. The fraction of sp³-hybridized carbons (Fsp3) is 0.267. The minimum atomic E-state index is -1.50. The monoisotopic (exact) mass is 323 g/mol. The SMILES string of the molecule is CC(C)(C)C(=Cn1ccnc1)c1ccc(Cl)cc1.O=[N+]([O-])O. The second kappa shape index (κ2) is 7.61. The number of nitrogens with zero attached hydrogens (tertiary/aromatic N) is 3. The zero-order valence-corrected chi connectivity index (χ0v) is 13.4. The van der Waals surface area contributed by atoms with Gasteiger partial charge in [-0.1, -0.05) is 44.5 Å². The number of benzene rings is 1. The van der Waals surface area contributed by atoms with Crippen molar-refractivity contribution in [3.8, 4) is 0 Å². The van der Waals surface area contributed by atoms with Crippen LogP contribution in [0.3, 0.4) is 0 Å². The van der Waals surface area contributed by atoms with E-state index in [0.717, 1.165) is 5.02 Å². The van der Waals surface area contributed by atoms with Crippen LogP contribution in [-0.2, 0) is 0 Å². The summed E-state index contributed by atoms with van der Waals surface area (Å²) in [6.07, 6.45) is 7.61. The smallest absolute Gasteiger partial charge is 0.291 e. The molecule has 6 nitrogen and oxygen atoms in total. The first-order valence-electron chi connectivity index (χ1n) is 6.49. The maximum absolute atomic E-state index is 8.36. The van der Waals surface area contributed by atoms with Gasteiger partial charge in [0.1, 0.15) is 0 Å². The maximum Gasteiger partial charge on any atom is 0.291 e. The Morgan fingerprint density at radius 1 is 1.36 bits per heavy atom. The molecule has 7 heteroatoms. The minimum absolute atomic E-state index is 0.0537. The highest BCUT2D eigenvalue weighted by molar-refractivity contribution is 6.30. The number of hydrogen-bond acceptors (Lipinski definition) is 3. The molecule has 0 amide bonds. The average molecular weight is 324 g/mol. The first-order chi connectivity index (χ1) is 10.2. The summed E-state index contributed by atoms with van der Waals surface area (Å²) in [6.45, 7) is 6.60. The third-order valence-electron chi connectivity index (χ3n) is 2.77. The molecule has 0 bridgehead atoms. The Kier molecular flexibility index (Phi) is 6.12. The highest BCUT2D eigenvalue weighted by Crippen LogP contribution is 2.34. The molecule has 0 atom stereocenters. The van der Waals surface area contributed by atoms with Crippen molar-refractivity contribution in [2.45, 2.75) is 20.8 Å². The van der Waals surface area contributed by atoms with E-state index in [2.05, 4.69) is 44.1 Å². The molecule has 1 N–H and O–H groups in total. The summed E-state index contributed by atoms with van der Waals surface area (Å²) in [5.74, 6) is 0. The van der Waals surface area contributed by atoms with Gasteiger partial charge in [-0.25, -0.2) is 4.98 Å². The molecular formula is C15H18ClN3O3. The molecule has 0 unspecified atom stereocenters. The Balaban J connectivity index is 0.000000541. The van der Waals surface area contributed by atoms with E-state index >= 15 is 0 Å². The lowest BCUT2D eigenvalue weighted by molar-refractivity contribution is -0.742. The second-order valence-corrected chi connectivity index (χ2v) is 5.98. The molecule has 0 aliphatic carbocycles. The van der Waals surface area contributed by atoms with Gasteiger partial charge in [0.05, 0.1) is 6.33 Å². The fourth-order valence-electron chi connectivity index (χ4n) is 1.83. The molecule has 0 saturated carbocycles. The van der Waals surface area contributed by atoms with Crippen LogP contribution in [0.5, 0.6) is 0 Å². The first-order valence-corrected chi connectivity index (χ1v) is 6.87. The summed E-state index contributed by atoms with van der Waals surface area (Å²) in [4.78, 5) is 12.4. The highest BCUT2D eigenvalue weighted by Gasteiger charge is 2.18. The quantitative estimate of drug-likeness (QED) is 0.662. The molecule has 2 rings (SSSR count). The summed E-state index contributed by atoms with van der Waals surface area (Å²) >= 11 is 5.94. The predicted octanol–water partition coefficient (Wildman–Crippen LogP) is 4.23. The molecule has 118 valence electrons. The van der Waals surface area contributed by atoms with E-state index < -0.39 is 5.09 Å². The van der Waals surface area contributed by atoms with Gasteiger partial charge in [-0.3, -0.25) is 0 Å². The largest absolute Gasteiger partial charge is 0.328 e. The summed E-state index contributed by atoms with van der Waals surface area (Å²) in [5.41, 5.74) is 2.48. The summed E-state index contributed by atoms with van der Waals surface area (Å²) in [6, 6.07) is 7.95. The second-order valence-electron chi connectivity index (χ2n) is 5.55. The van der Waals surface area contributed by atoms with Crippen LogP contribution in [0.2, 0.25) is 5.02 Å². The van der Waals surface area contributed by atoms with Crippen LogP contribution in [-0.4, -0.2) is 19.8 Å². The maximum atomic E-state index is 8.36. The van der Waals surface area contributed by atoms with Crippen LogP contribution in [0.25, 0.3) is 11.8 Å². The zero-order valence-electron chi connectivity index (χ0n) is 12.6. The highest BCUT2D eigenvalue weighted by atomic mass is 35.5. The number of halogens is 1. The van der Waals surface area contributed by atoms with Crippen molar-refractivity contribution in [3.63, 3.8) is 0 Å². The lowest BCUT2D eigenvalue weighted by Crippen LogP contribution is -2.09. The molecule has 1 aromatic heterocycles. The van der Waals surface area contributed by atoms with Gasteiger partial charge in [-0.2, -0.15) is 0 Å². The zero-order chi connectivity index (χ0) is 16.8. The summed E-state index contributed by atoms with van der Waals surface area (Å²) < 4.78 is 1.97. The lowest BCUT2D eigenvalue weighted by atomic mass is 9.83. The Morgan fingerprint density at radius 2 is 1.91 bits per heavy atom. The van der Waals surface area contributed by atoms with Gasteiger partial charge in [0.15, 0.2) is 0 Å². The Labute approximate surface area is 133 Å². The molecule has 0 aliphatic rings. The van der Waals surface area contributed by atoms with Crippen molar-refractivity contribution >= 4 is 23.4 Å². The summed E-state index contributed by atoms with van der Waals surface area (Å²) in [5, 5.41) is 14.4. The van der Waals surface area contributed by atoms with Gasteiger partial charge in [-0.15, -0.1) is 10.1 Å². The Bertz CT molecular complexity index is 625. The van der Waals surface area contributed by atoms with Gasteiger partial charge >= 0.3 is 0 Å². The number of rotatable bonds is 2. The first kappa shape index (κ1) is 17.7. The van der Waals surface area contributed by atoms with Crippen LogP contribution >= 0.6 is 11.6 Å². The van der Waals surface area contributed by atoms with Crippen LogP contribution in [0, 0.1) is 15.5 Å². The number of imidazole rings is 1. The van der Waals surface area contributed by atoms with Gasteiger partial charge < -0.3 is 9.77 Å². The van der Waals surface area contributed by atoms with Crippen molar-refractivity contribution in [2.24, 2.45) is 5.41 Å². The molecule has 0 spiro atoms. The van der Waals surface area contributed by atoms with Crippen molar-refractivity contribution in [1.29, 1.82) is 0 Å². The molecule has 1 aromatic carbocycles. The molecule has 22 heavy (non-hydrogen) atoms. The molecular weight excluding hydrogens is 306 g/mol. The Hall–Kier alpha value is -2.34. The lowest BCUT2D eigenvalue weighted by Gasteiger charge is -2.23. The molecule has 0 fully saturated rings. The molecule has 0 radical (unpaired) electrons. The normalized spacial score (nSPS) is 11.5. The van der Waals surface area contributed by atoms with Crippen molar-refractivity contribution < 1.29 is 10.3 Å². The van der Waals surface area contributed by atoms with Crippen molar-refractivity contribution in [2.75, 3.05) is 0 Å². The van der Waals surface area contributed by atoms with Gasteiger partial charge in [-0.05, 0) is 28.7 Å². The van der Waals surface area contributed by atoms with E-state index in [1.54, 1.807) is 12.5 Å². The molecule has 2 aromatic rings. The topological polar surface area (TPSA) is 81.2 Å². The molecule has 1 heterocycles. The van der Waals surface area contributed by atoms with Gasteiger partial charge in [0.25, 0.3) is 5.09 Å². The number of allylic oxidation sites excluding steroid dienone is 1. The Morgan fingerprint density at radius 3 is 2.32 bits per heavy atom. The van der Waals surface area contributed by atoms with E-state index in [-0.39, 0.29) is 5.41 Å². The van der Waals surface area contributed by atoms with Crippen LogP contribution < -0.4 is 0 Å². The van der Waals surface area contributed by atoms with Gasteiger partial charge in [0, 0.05) is 23.6 Å². The summed E-state index contributed by atoms with van der Waals surface area (Å²) in [7, 11) is 0. The third-order valence-corrected chi connectivity index (χ3v) is 3.02. The number of hydrogen-bond donors (Lipinski definition) is 1. The fourth-order valence-corrected chi connectivity index (χ4v) is 1.95. The number of aromatic nitrogens is 2. The van der Waals surface area contributed by atoms with Crippen molar-refractivity contribution in [3.05, 3.63) is 63.7 Å². The van der Waals surface area contributed by atoms with E-state index in [4.69, 9.17) is 26.9 Å². The third kappa shape index (κ3) is 5.97. The van der Waals surface area contributed by atoms with Crippen LogP contribution in [0.4, 0.5) is 0 Å². The van der Waals surface area contributed by atoms with E-state index in [1.165, 1.54) is 11.1 Å². The van der Waals surface area contributed by atoms with Crippen molar-refractivity contribution in [1.82, 2.24) is 9.55 Å². The van der Waals surface area contributed by atoms with Gasteiger partial charge in [0.2, 0.25) is 0 Å². The molecule has 0 saturated heterocycles. The van der Waals surface area contributed by atoms with E-state index in [1.807, 2.05) is 22.9 Å². The minimum Gasteiger partial charge on any atom is -0.328 e. The standard InChI is InChI=1S/C15H17ClN2.HNO3/c1-15(2,3)14(10-18-9-8-17-11-18)12-4-6-13(16)7-5-12;2-1(3)4/h4-11H,1-3H3;(H,2,3,4). The van der Waals surface area contributed by atoms with Crippen LogP contribution in [0.1, 0.15) is 26.3 Å². The van der Waals surface area contributed by atoms with Crippen LogP contribution in [0.15, 0.2) is 43.0 Å². The average Bonchev–Trinajstić information content (AvgIpc) is 2.88.